The Labute approximate surface area is 76.1 Å². The second kappa shape index (κ2) is 3.75. The Kier molecular flexibility index (Phi) is 3.13. The normalized spacial score (nSPS) is 23.0. The summed E-state index contributed by atoms with van der Waals surface area (Å²) in [5.41, 5.74) is 6.34. The Hall–Kier alpha value is -0.0800. The van der Waals surface area contributed by atoms with Gasteiger partial charge in [0.1, 0.15) is 0 Å². The maximum Gasteiger partial charge on any atom is 0.0217 e. The van der Waals surface area contributed by atoms with Crippen molar-refractivity contribution in [1.29, 1.82) is 0 Å². The lowest BCUT2D eigenvalue weighted by molar-refractivity contribution is 0.227. The van der Waals surface area contributed by atoms with E-state index in [4.69, 9.17) is 5.73 Å². The van der Waals surface area contributed by atoms with E-state index in [2.05, 4.69) is 25.7 Å². The van der Waals surface area contributed by atoms with Crippen LogP contribution in [0.4, 0.5) is 0 Å². The molecule has 0 saturated carbocycles. The van der Waals surface area contributed by atoms with Crippen LogP contribution >= 0.6 is 0 Å². The van der Waals surface area contributed by atoms with Crippen LogP contribution in [0.25, 0.3) is 0 Å². The molecule has 1 aliphatic rings. The van der Waals surface area contributed by atoms with E-state index in [0.717, 1.165) is 6.54 Å². The molecule has 0 spiro atoms. The van der Waals surface area contributed by atoms with Crippen LogP contribution in [0.2, 0.25) is 0 Å². The molecule has 2 heteroatoms. The molecule has 1 heterocycles. The van der Waals surface area contributed by atoms with Crippen molar-refractivity contribution >= 4 is 0 Å². The fraction of sp³-hybridized carbons (Fsp3) is 1.00. The largest absolute Gasteiger partial charge is 0.326 e. The maximum absolute atomic E-state index is 6.09. The van der Waals surface area contributed by atoms with Crippen LogP contribution in [0.5, 0.6) is 0 Å². The summed E-state index contributed by atoms with van der Waals surface area (Å²) in [6.07, 6.45) is 2.72. The van der Waals surface area contributed by atoms with E-state index in [0.29, 0.717) is 6.04 Å². The standard InChI is InChI=1S/C10H22N2/c1-10(2,3)9(11)8-12-6-4-5-7-12/h9H,4-8,11H2,1-3H3. The number of likely N-dealkylation sites (tertiary alicyclic amines) is 1. The van der Waals surface area contributed by atoms with Gasteiger partial charge in [0.15, 0.2) is 0 Å². The first-order valence-corrected chi connectivity index (χ1v) is 4.98. The van der Waals surface area contributed by atoms with Crippen LogP contribution in [0.3, 0.4) is 0 Å². The van der Waals surface area contributed by atoms with Crippen molar-refractivity contribution in [3.05, 3.63) is 0 Å². The first-order chi connectivity index (χ1) is 5.50. The number of nitrogens with two attached hydrogens (primary N) is 1. The lowest BCUT2D eigenvalue weighted by atomic mass is 9.87. The fourth-order valence-electron chi connectivity index (χ4n) is 1.52. The number of rotatable bonds is 2. The molecule has 1 atom stereocenters. The minimum atomic E-state index is 0.253. The highest BCUT2D eigenvalue weighted by Crippen LogP contribution is 2.19. The van der Waals surface area contributed by atoms with E-state index in [1.54, 1.807) is 0 Å². The number of nitrogens with zero attached hydrogens (tertiary/aromatic N) is 1. The minimum absolute atomic E-state index is 0.253. The summed E-state index contributed by atoms with van der Waals surface area (Å²) in [5, 5.41) is 0. The molecule has 1 unspecified atom stereocenters. The van der Waals surface area contributed by atoms with E-state index in [1.165, 1.54) is 25.9 Å². The topological polar surface area (TPSA) is 29.3 Å². The van der Waals surface area contributed by atoms with E-state index >= 15 is 0 Å². The van der Waals surface area contributed by atoms with Crippen molar-refractivity contribution in [3.63, 3.8) is 0 Å². The average molecular weight is 170 g/mol. The zero-order chi connectivity index (χ0) is 9.19. The van der Waals surface area contributed by atoms with Crippen molar-refractivity contribution in [2.45, 2.75) is 39.7 Å². The average Bonchev–Trinajstić information content (AvgIpc) is 2.37. The van der Waals surface area contributed by atoms with Crippen LogP contribution in [-0.2, 0) is 0 Å². The maximum atomic E-state index is 6.09. The summed E-state index contributed by atoms with van der Waals surface area (Å²) in [5.74, 6) is 0. The third-order valence-corrected chi connectivity index (χ3v) is 2.77. The highest BCUT2D eigenvalue weighted by Gasteiger charge is 2.23. The summed E-state index contributed by atoms with van der Waals surface area (Å²) in [6.45, 7) is 10.2. The van der Waals surface area contributed by atoms with Gasteiger partial charge in [0.05, 0.1) is 0 Å². The van der Waals surface area contributed by atoms with Gasteiger partial charge in [-0.25, -0.2) is 0 Å². The van der Waals surface area contributed by atoms with Crippen LogP contribution in [0.15, 0.2) is 0 Å². The molecule has 2 nitrogen and oxygen atoms in total. The van der Waals surface area contributed by atoms with Gasteiger partial charge in [0.2, 0.25) is 0 Å². The zero-order valence-corrected chi connectivity index (χ0v) is 8.64. The molecule has 1 saturated heterocycles. The molecule has 72 valence electrons. The minimum Gasteiger partial charge on any atom is -0.326 e. The van der Waals surface area contributed by atoms with Gasteiger partial charge in [-0.2, -0.15) is 0 Å². The molecule has 0 aromatic carbocycles. The van der Waals surface area contributed by atoms with Crippen LogP contribution in [-0.4, -0.2) is 30.6 Å². The van der Waals surface area contributed by atoms with Crippen molar-refractivity contribution in [3.8, 4) is 0 Å². The molecule has 0 aromatic rings. The monoisotopic (exact) mass is 170 g/mol. The predicted octanol–water partition coefficient (Wildman–Crippen LogP) is 1.46. The van der Waals surface area contributed by atoms with Gasteiger partial charge in [-0.1, -0.05) is 20.8 Å². The second-order valence-corrected chi connectivity index (χ2v) is 4.98. The van der Waals surface area contributed by atoms with Crippen LogP contribution < -0.4 is 5.73 Å². The highest BCUT2D eigenvalue weighted by atomic mass is 15.1. The van der Waals surface area contributed by atoms with Crippen molar-refractivity contribution in [2.24, 2.45) is 11.1 Å². The van der Waals surface area contributed by atoms with Gasteiger partial charge >= 0.3 is 0 Å². The molecule has 0 aromatic heterocycles. The summed E-state index contributed by atoms with van der Waals surface area (Å²) in [6, 6.07) is 0.315. The van der Waals surface area contributed by atoms with E-state index in [-0.39, 0.29) is 5.41 Å². The summed E-state index contributed by atoms with van der Waals surface area (Å²) < 4.78 is 0. The van der Waals surface area contributed by atoms with Gasteiger partial charge in [-0.05, 0) is 31.3 Å². The first-order valence-electron chi connectivity index (χ1n) is 4.98. The predicted molar refractivity (Wildman–Crippen MR) is 53.1 cm³/mol. The summed E-state index contributed by atoms with van der Waals surface area (Å²) in [4.78, 5) is 2.48. The SMILES string of the molecule is CC(C)(C)C(N)CN1CCCC1. The van der Waals surface area contributed by atoms with Gasteiger partial charge in [0, 0.05) is 12.6 Å². The molecular weight excluding hydrogens is 148 g/mol. The van der Waals surface area contributed by atoms with Crippen molar-refractivity contribution in [1.82, 2.24) is 4.90 Å². The van der Waals surface area contributed by atoms with Crippen LogP contribution in [0, 0.1) is 5.41 Å². The number of hydrogen-bond donors (Lipinski definition) is 1. The van der Waals surface area contributed by atoms with Crippen LogP contribution in [0.1, 0.15) is 33.6 Å². The highest BCUT2D eigenvalue weighted by molar-refractivity contribution is 4.81. The molecule has 2 N–H and O–H groups in total. The Morgan fingerprint density at radius 3 is 2.17 bits per heavy atom. The molecule has 0 amide bonds. The molecule has 0 bridgehead atoms. The third-order valence-electron chi connectivity index (χ3n) is 2.77. The molecule has 1 rings (SSSR count). The summed E-state index contributed by atoms with van der Waals surface area (Å²) in [7, 11) is 0. The zero-order valence-electron chi connectivity index (χ0n) is 8.64. The number of hydrogen-bond acceptors (Lipinski definition) is 2. The van der Waals surface area contributed by atoms with Gasteiger partial charge in [-0.3, -0.25) is 0 Å². The first kappa shape index (κ1) is 10.0. The molecule has 1 fully saturated rings. The van der Waals surface area contributed by atoms with E-state index < -0.39 is 0 Å². The Morgan fingerprint density at radius 1 is 1.25 bits per heavy atom. The van der Waals surface area contributed by atoms with E-state index in [9.17, 15) is 0 Å². The Bertz CT molecular complexity index is 131. The lowest BCUT2D eigenvalue weighted by Gasteiger charge is -2.30. The molecular formula is C10H22N2. The van der Waals surface area contributed by atoms with Crippen molar-refractivity contribution in [2.75, 3.05) is 19.6 Å². The molecule has 0 radical (unpaired) electrons. The van der Waals surface area contributed by atoms with Gasteiger partial charge in [-0.15, -0.1) is 0 Å². The smallest absolute Gasteiger partial charge is 0.0217 e. The lowest BCUT2D eigenvalue weighted by Crippen LogP contribution is -2.44. The molecule has 1 aliphatic heterocycles. The summed E-state index contributed by atoms with van der Waals surface area (Å²) >= 11 is 0. The van der Waals surface area contributed by atoms with Gasteiger partial charge < -0.3 is 10.6 Å². The van der Waals surface area contributed by atoms with Gasteiger partial charge in [0.25, 0.3) is 0 Å². The molecule has 0 aliphatic carbocycles. The Balaban J connectivity index is 2.30. The molecule has 12 heavy (non-hydrogen) atoms. The fourth-order valence-corrected chi connectivity index (χ4v) is 1.52. The third kappa shape index (κ3) is 2.76. The quantitative estimate of drug-likeness (QED) is 0.680. The Morgan fingerprint density at radius 2 is 1.75 bits per heavy atom. The van der Waals surface area contributed by atoms with Crippen molar-refractivity contribution < 1.29 is 0 Å². The van der Waals surface area contributed by atoms with E-state index in [1.807, 2.05) is 0 Å². The second-order valence-electron chi connectivity index (χ2n) is 4.98.